The minimum Gasteiger partial charge on any atom is -0.467 e. The number of carbonyl (C=O) groups excluding carboxylic acids is 1. The van der Waals surface area contributed by atoms with Crippen molar-refractivity contribution in [1.29, 1.82) is 0 Å². The number of aliphatic hydroxyl groups is 1. The van der Waals surface area contributed by atoms with Crippen molar-refractivity contribution in [3.05, 3.63) is 24.2 Å². The maximum atomic E-state index is 11.6. The molecule has 0 aliphatic heterocycles. The fourth-order valence-corrected chi connectivity index (χ4v) is 2.34. The fourth-order valence-electron chi connectivity index (χ4n) is 2.34. The molecule has 0 spiro atoms. The number of hydrogen-bond donors (Lipinski definition) is 2. The minimum absolute atomic E-state index is 0.0301. The molecule has 1 aromatic heterocycles. The van der Waals surface area contributed by atoms with Crippen LogP contribution in [0.25, 0.3) is 0 Å². The molecule has 0 aromatic carbocycles. The number of furan rings is 1. The van der Waals surface area contributed by atoms with Crippen LogP contribution < -0.4 is 5.32 Å². The molecule has 4 heteroatoms. The third-order valence-electron chi connectivity index (χ3n) is 3.31. The van der Waals surface area contributed by atoms with Gasteiger partial charge in [0.25, 0.3) is 0 Å². The van der Waals surface area contributed by atoms with Crippen molar-refractivity contribution in [2.75, 3.05) is 6.54 Å². The lowest BCUT2D eigenvalue weighted by molar-refractivity contribution is -0.122. The Morgan fingerprint density at radius 2 is 2.29 bits per heavy atom. The van der Waals surface area contributed by atoms with Gasteiger partial charge in [-0.2, -0.15) is 0 Å². The van der Waals surface area contributed by atoms with Crippen molar-refractivity contribution in [1.82, 2.24) is 5.32 Å². The molecule has 1 aromatic rings. The highest BCUT2D eigenvalue weighted by Crippen LogP contribution is 2.27. The molecule has 1 aliphatic rings. The standard InChI is InChI=1S/C13H19NO3/c15-11(12-6-3-7-17-12)9-14-13(16)8-10-4-1-2-5-10/h3,6-7,10-11,15H,1-2,4-5,8-9H2,(H,14,16). The van der Waals surface area contributed by atoms with Gasteiger partial charge >= 0.3 is 0 Å². The Morgan fingerprint density at radius 3 is 2.94 bits per heavy atom. The minimum atomic E-state index is -0.752. The van der Waals surface area contributed by atoms with Crippen LogP contribution in [0.3, 0.4) is 0 Å². The van der Waals surface area contributed by atoms with Gasteiger partial charge in [0, 0.05) is 6.42 Å². The SMILES string of the molecule is O=C(CC1CCCC1)NCC(O)c1ccco1. The van der Waals surface area contributed by atoms with Gasteiger partial charge in [0.15, 0.2) is 0 Å². The summed E-state index contributed by atoms with van der Waals surface area (Å²) in [5.41, 5.74) is 0. The molecule has 1 amide bonds. The summed E-state index contributed by atoms with van der Waals surface area (Å²) < 4.78 is 5.06. The van der Waals surface area contributed by atoms with Gasteiger partial charge in [-0.05, 0) is 30.9 Å². The van der Waals surface area contributed by atoms with Crippen LogP contribution in [0.2, 0.25) is 0 Å². The lowest BCUT2D eigenvalue weighted by atomic mass is 10.0. The first-order valence-corrected chi connectivity index (χ1v) is 6.24. The molecule has 94 valence electrons. The summed E-state index contributed by atoms with van der Waals surface area (Å²) in [6.45, 7) is 0.221. The van der Waals surface area contributed by atoms with Crippen LogP contribution >= 0.6 is 0 Å². The van der Waals surface area contributed by atoms with Crippen molar-refractivity contribution in [2.45, 2.75) is 38.2 Å². The third kappa shape index (κ3) is 3.60. The predicted molar refractivity (Wildman–Crippen MR) is 63.3 cm³/mol. The third-order valence-corrected chi connectivity index (χ3v) is 3.31. The van der Waals surface area contributed by atoms with Crippen LogP contribution in [0.5, 0.6) is 0 Å². The van der Waals surface area contributed by atoms with Gasteiger partial charge in [-0.15, -0.1) is 0 Å². The molecular weight excluding hydrogens is 218 g/mol. The summed E-state index contributed by atoms with van der Waals surface area (Å²) in [5, 5.41) is 12.5. The van der Waals surface area contributed by atoms with E-state index in [0.717, 1.165) is 12.8 Å². The molecule has 1 atom stereocenters. The van der Waals surface area contributed by atoms with Crippen LogP contribution in [0.4, 0.5) is 0 Å². The molecule has 1 heterocycles. The Hall–Kier alpha value is -1.29. The van der Waals surface area contributed by atoms with Crippen LogP contribution in [0, 0.1) is 5.92 Å². The largest absolute Gasteiger partial charge is 0.467 e. The highest BCUT2D eigenvalue weighted by molar-refractivity contribution is 5.76. The molecular formula is C13H19NO3. The van der Waals surface area contributed by atoms with E-state index in [1.54, 1.807) is 12.1 Å². The van der Waals surface area contributed by atoms with Crippen molar-refractivity contribution in [3.8, 4) is 0 Å². The number of aliphatic hydroxyl groups excluding tert-OH is 1. The number of rotatable bonds is 5. The van der Waals surface area contributed by atoms with Gasteiger partial charge in [0.05, 0.1) is 12.8 Å². The van der Waals surface area contributed by atoms with Gasteiger partial charge < -0.3 is 14.8 Å². The van der Waals surface area contributed by atoms with Crippen molar-refractivity contribution in [2.24, 2.45) is 5.92 Å². The number of carbonyl (C=O) groups is 1. The number of amides is 1. The van der Waals surface area contributed by atoms with E-state index < -0.39 is 6.10 Å². The second-order valence-corrected chi connectivity index (χ2v) is 4.69. The lowest BCUT2D eigenvalue weighted by Gasteiger charge is -2.12. The summed E-state index contributed by atoms with van der Waals surface area (Å²) in [6, 6.07) is 3.42. The molecule has 1 unspecified atom stereocenters. The Balaban J connectivity index is 1.68. The Morgan fingerprint density at radius 1 is 1.53 bits per heavy atom. The molecule has 0 bridgehead atoms. The van der Waals surface area contributed by atoms with Gasteiger partial charge in [-0.3, -0.25) is 4.79 Å². The first kappa shape index (κ1) is 12.2. The molecule has 4 nitrogen and oxygen atoms in total. The Labute approximate surface area is 101 Å². The van der Waals surface area contributed by atoms with Crippen LogP contribution in [-0.4, -0.2) is 17.6 Å². The zero-order valence-electron chi connectivity index (χ0n) is 9.89. The predicted octanol–water partition coefficient (Wildman–Crippen LogP) is 2.01. The zero-order chi connectivity index (χ0) is 12.1. The molecule has 2 rings (SSSR count). The van der Waals surface area contributed by atoms with Crippen LogP contribution in [0.15, 0.2) is 22.8 Å². The zero-order valence-corrected chi connectivity index (χ0v) is 9.89. The van der Waals surface area contributed by atoms with E-state index in [4.69, 9.17) is 4.42 Å². The van der Waals surface area contributed by atoms with Crippen molar-refractivity contribution < 1.29 is 14.3 Å². The van der Waals surface area contributed by atoms with E-state index in [9.17, 15) is 9.90 Å². The van der Waals surface area contributed by atoms with E-state index in [1.165, 1.54) is 19.1 Å². The van der Waals surface area contributed by atoms with E-state index in [2.05, 4.69) is 5.32 Å². The van der Waals surface area contributed by atoms with E-state index in [-0.39, 0.29) is 12.5 Å². The Bertz CT molecular complexity index is 342. The smallest absolute Gasteiger partial charge is 0.220 e. The molecule has 17 heavy (non-hydrogen) atoms. The summed E-state index contributed by atoms with van der Waals surface area (Å²) in [6.07, 6.45) is 6.16. The Kier molecular flexibility index (Phi) is 4.20. The van der Waals surface area contributed by atoms with Gasteiger partial charge in [0.1, 0.15) is 11.9 Å². The number of hydrogen-bond acceptors (Lipinski definition) is 3. The van der Waals surface area contributed by atoms with Gasteiger partial charge in [0.2, 0.25) is 5.91 Å². The topological polar surface area (TPSA) is 62.5 Å². The number of nitrogens with one attached hydrogen (secondary N) is 1. The molecule has 0 saturated heterocycles. The molecule has 1 fully saturated rings. The van der Waals surface area contributed by atoms with E-state index >= 15 is 0 Å². The normalized spacial score (nSPS) is 18.2. The second-order valence-electron chi connectivity index (χ2n) is 4.69. The highest BCUT2D eigenvalue weighted by atomic mass is 16.4. The molecule has 1 aliphatic carbocycles. The first-order valence-electron chi connectivity index (χ1n) is 6.24. The monoisotopic (exact) mass is 237 g/mol. The molecule has 0 radical (unpaired) electrons. The summed E-state index contributed by atoms with van der Waals surface area (Å²) in [4.78, 5) is 11.6. The van der Waals surface area contributed by atoms with Gasteiger partial charge in [-0.25, -0.2) is 0 Å². The van der Waals surface area contributed by atoms with Crippen LogP contribution in [0.1, 0.15) is 44.0 Å². The fraction of sp³-hybridized carbons (Fsp3) is 0.615. The summed E-state index contributed by atoms with van der Waals surface area (Å²) >= 11 is 0. The lowest BCUT2D eigenvalue weighted by Crippen LogP contribution is -2.29. The van der Waals surface area contributed by atoms with E-state index in [0.29, 0.717) is 18.1 Å². The van der Waals surface area contributed by atoms with Crippen molar-refractivity contribution in [3.63, 3.8) is 0 Å². The van der Waals surface area contributed by atoms with E-state index in [1.807, 2.05) is 0 Å². The van der Waals surface area contributed by atoms with Gasteiger partial charge in [-0.1, -0.05) is 12.8 Å². The highest BCUT2D eigenvalue weighted by Gasteiger charge is 2.19. The average molecular weight is 237 g/mol. The quantitative estimate of drug-likeness (QED) is 0.823. The second kappa shape index (κ2) is 5.87. The molecule has 2 N–H and O–H groups in total. The van der Waals surface area contributed by atoms with Crippen molar-refractivity contribution >= 4 is 5.91 Å². The maximum Gasteiger partial charge on any atom is 0.220 e. The average Bonchev–Trinajstić information content (AvgIpc) is 2.97. The summed E-state index contributed by atoms with van der Waals surface area (Å²) in [7, 11) is 0. The molecule has 1 saturated carbocycles. The summed E-state index contributed by atoms with van der Waals surface area (Å²) in [5.74, 6) is 1.06. The maximum absolute atomic E-state index is 11.6. The first-order chi connectivity index (χ1) is 8.25. The van der Waals surface area contributed by atoms with Crippen LogP contribution in [-0.2, 0) is 4.79 Å².